The molecule has 0 aliphatic heterocycles. The number of carbonyl (C=O) groups excluding carboxylic acids is 1. The molecule has 1 aromatic rings. The van der Waals surface area contributed by atoms with Crippen LogP contribution in [0, 0.1) is 31.2 Å². The molecule has 0 bridgehead atoms. The van der Waals surface area contributed by atoms with Crippen LogP contribution in [0.4, 0.5) is 5.69 Å². The van der Waals surface area contributed by atoms with E-state index in [0.29, 0.717) is 5.92 Å². The lowest BCUT2D eigenvalue weighted by Crippen LogP contribution is -2.30. The Morgan fingerprint density at radius 2 is 1.82 bits per heavy atom. The highest BCUT2D eigenvalue weighted by molar-refractivity contribution is 6.06. The Balaban J connectivity index is 2.00. The second kappa shape index (κ2) is 5.32. The number of nitrogens with one attached hydrogen (secondary N) is 1. The number of carbonyl (C=O) groups is 1. The van der Waals surface area contributed by atoms with Gasteiger partial charge in [-0.2, -0.15) is 0 Å². The maximum Gasteiger partial charge on any atom is 0.234 e. The minimum absolute atomic E-state index is 0.0788. The van der Waals surface area contributed by atoms with E-state index in [4.69, 9.17) is 0 Å². The minimum Gasteiger partial charge on any atom is -0.326 e. The van der Waals surface area contributed by atoms with Gasteiger partial charge in [-0.1, -0.05) is 18.2 Å². The normalized spacial score (nSPS) is 17.6. The number of amides is 1. The van der Waals surface area contributed by atoms with Gasteiger partial charge in [0.05, 0.1) is 12.0 Å². The molecule has 3 nitrogen and oxygen atoms in total. The van der Waals surface area contributed by atoms with Gasteiger partial charge < -0.3 is 10.2 Å². The van der Waals surface area contributed by atoms with E-state index < -0.39 is 0 Å². The zero-order valence-electron chi connectivity index (χ0n) is 9.97. The summed E-state index contributed by atoms with van der Waals surface area (Å²) in [6.07, 6.45) is 5.64. The van der Waals surface area contributed by atoms with Gasteiger partial charge in [0, 0.05) is 5.69 Å². The molecule has 0 saturated heterocycles. The molecule has 1 amide bonds. The molecule has 5 radical (unpaired) electrons. The minimum atomic E-state index is -0.0788. The predicted molar refractivity (Wildman–Crippen MR) is 68.1 cm³/mol. The van der Waals surface area contributed by atoms with E-state index >= 15 is 0 Å². The Bertz CT molecular complexity index is 375. The van der Waals surface area contributed by atoms with Gasteiger partial charge in [0.2, 0.25) is 5.91 Å². The molecule has 1 saturated carbocycles. The fraction of sp³-hybridized carbons (Fsp3) is 0.143. The van der Waals surface area contributed by atoms with Crippen LogP contribution in [0.2, 0.25) is 0 Å². The number of hydrogen-bond donors (Lipinski definition) is 1. The third-order valence-electron chi connectivity index (χ3n) is 2.55. The number of para-hydroxylation sites is 1. The largest absolute Gasteiger partial charge is 0.326 e. The lowest BCUT2D eigenvalue weighted by atomic mass is 10.0. The molecule has 2 rings (SSSR count). The van der Waals surface area contributed by atoms with Crippen molar-refractivity contribution in [3.63, 3.8) is 0 Å². The molecular weight excluding hydrogens is 212 g/mol. The van der Waals surface area contributed by atoms with Crippen LogP contribution in [-0.4, -0.2) is 24.9 Å². The molecule has 1 aromatic carbocycles. The zero-order chi connectivity index (χ0) is 12.3. The first-order valence-corrected chi connectivity index (χ1v) is 5.48. The average molecular weight is 227 g/mol. The van der Waals surface area contributed by atoms with Crippen LogP contribution >= 0.6 is 0 Å². The molecule has 17 heavy (non-hydrogen) atoms. The van der Waals surface area contributed by atoms with Crippen molar-refractivity contribution < 1.29 is 4.79 Å². The van der Waals surface area contributed by atoms with Gasteiger partial charge in [0.25, 0.3) is 0 Å². The van der Waals surface area contributed by atoms with Gasteiger partial charge in [-0.15, -0.1) is 0 Å². The molecule has 1 fully saturated rings. The Morgan fingerprint density at radius 3 is 2.47 bits per heavy atom. The van der Waals surface area contributed by atoms with Crippen molar-refractivity contribution in [1.29, 1.82) is 0 Å². The molecule has 1 aliphatic rings. The highest BCUT2D eigenvalue weighted by atomic mass is 16.1. The Hall–Kier alpha value is -1.35. The van der Waals surface area contributed by atoms with Crippen molar-refractivity contribution in [3.8, 4) is 0 Å². The number of nitrogens with zero attached hydrogens (tertiary/aromatic N) is 1. The van der Waals surface area contributed by atoms with Crippen molar-refractivity contribution >= 4 is 11.6 Å². The Labute approximate surface area is 103 Å². The molecule has 0 spiro atoms. The smallest absolute Gasteiger partial charge is 0.234 e. The number of hydrogen-bond acceptors (Lipinski definition) is 2. The molecule has 0 aromatic heterocycles. The van der Waals surface area contributed by atoms with Gasteiger partial charge in [-0.05, 0) is 45.5 Å². The van der Waals surface area contributed by atoms with Crippen LogP contribution in [0.5, 0.6) is 0 Å². The molecular formula is C14H15N2O. The predicted octanol–water partition coefficient (Wildman–Crippen LogP) is 1.92. The van der Waals surface area contributed by atoms with E-state index in [2.05, 4.69) is 5.32 Å². The summed E-state index contributed by atoms with van der Waals surface area (Å²) in [6.45, 7) is 0. The summed E-state index contributed by atoms with van der Waals surface area (Å²) in [5.74, 6) is 0.615. The monoisotopic (exact) mass is 227 g/mol. The second-order valence-electron chi connectivity index (χ2n) is 4.04. The third-order valence-corrected chi connectivity index (χ3v) is 2.55. The summed E-state index contributed by atoms with van der Waals surface area (Å²) < 4.78 is 0. The van der Waals surface area contributed by atoms with Crippen LogP contribution < -0.4 is 5.32 Å². The maximum atomic E-state index is 12.1. The van der Waals surface area contributed by atoms with Gasteiger partial charge >= 0.3 is 0 Å². The topological polar surface area (TPSA) is 32.3 Å². The maximum absolute atomic E-state index is 12.1. The fourth-order valence-electron chi connectivity index (χ4n) is 1.71. The van der Waals surface area contributed by atoms with Crippen molar-refractivity contribution in [3.05, 3.63) is 61.6 Å². The highest BCUT2D eigenvalue weighted by Crippen LogP contribution is 2.35. The van der Waals surface area contributed by atoms with Crippen molar-refractivity contribution in [2.45, 2.75) is 0 Å². The van der Waals surface area contributed by atoms with Crippen molar-refractivity contribution in [2.75, 3.05) is 19.4 Å². The molecule has 87 valence electrons. The van der Waals surface area contributed by atoms with Crippen LogP contribution in [0.1, 0.15) is 0 Å². The summed E-state index contributed by atoms with van der Waals surface area (Å²) in [5.41, 5.74) is 0.809. The van der Waals surface area contributed by atoms with Gasteiger partial charge in [-0.25, -0.2) is 0 Å². The van der Waals surface area contributed by atoms with Gasteiger partial charge in [-0.3, -0.25) is 4.79 Å². The molecule has 3 heteroatoms. The Kier molecular flexibility index (Phi) is 3.79. The summed E-state index contributed by atoms with van der Waals surface area (Å²) in [7, 11) is 3.85. The first kappa shape index (κ1) is 12.1. The highest BCUT2D eigenvalue weighted by Gasteiger charge is 2.36. The second-order valence-corrected chi connectivity index (χ2v) is 4.04. The van der Waals surface area contributed by atoms with Crippen molar-refractivity contribution in [1.82, 2.24) is 4.90 Å². The lowest BCUT2D eigenvalue weighted by molar-refractivity contribution is -0.114. The summed E-state index contributed by atoms with van der Waals surface area (Å²) in [6, 6.07) is 10.4. The lowest BCUT2D eigenvalue weighted by Gasteiger charge is -2.23. The first-order valence-electron chi connectivity index (χ1n) is 5.48. The van der Waals surface area contributed by atoms with Crippen LogP contribution in [0.3, 0.4) is 0 Å². The van der Waals surface area contributed by atoms with E-state index in [0.717, 1.165) is 11.7 Å². The molecule has 0 heterocycles. The van der Waals surface area contributed by atoms with E-state index in [1.54, 1.807) is 0 Å². The van der Waals surface area contributed by atoms with E-state index in [-0.39, 0.29) is 5.91 Å². The Morgan fingerprint density at radius 1 is 1.12 bits per heavy atom. The molecule has 1 N–H and O–H groups in total. The molecule has 0 unspecified atom stereocenters. The zero-order valence-corrected chi connectivity index (χ0v) is 9.97. The summed E-state index contributed by atoms with van der Waals surface area (Å²) in [5, 5.41) is 2.87. The summed E-state index contributed by atoms with van der Waals surface area (Å²) in [4.78, 5) is 14.0. The van der Waals surface area contributed by atoms with Crippen LogP contribution in [0.25, 0.3) is 0 Å². The van der Waals surface area contributed by atoms with Gasteiger partial charge in [0.15, 0.2) is 0 Å². The fourth-order valence-corrected chi connectivity index (χ4v) is 1.71. The third kappa shape index (κ3) is 2.86. The first-order chi connectivity index (χ1) is 8.18. The standard InChI is InChI=1S/C14H15N2O/c1-16(2)13-10-6-9-12(13)14(17)15-11-7-4-3-5-8-11/h3-10H,1-2H3,(H,15,17). The van der Waals surface area contributed by atoms with E-state index in [1.807, 2.05) is 68.6 Å². The SMILES string of the molecule is CN(C)[C]1[CH][CH][CH][C]1C(=O)Nc1ccccc1. The van der Waals surface area contributed by atoms with Crippen LogP contribution in [-0.2, 0) is 4.79 Å². The number of rotatable bonds is 3. The van der Waals surface area contributed by atoms with Crippen LogP contribution in [0.15, 0.2) is 30.3 Å². The average Bonchev–Trinajstić information content (AvgIpc) is 2.79. The summed E-state index contributed by atoms with van der Waals surface area (Å²) >= 11 is 0. The quantitative estimate of drug-likeness (QED) is 0.855. The van der Waals surface area contributed by atoms with Crippen molar-refractivity contribution in [2.24, 2.45) is 0 Å². The molecule has 1 aliphatic carbocycles. The van der Waals surface area contributed by atoms with E-state index in [9.17, 15) is 4.79 Å². The number of anilines is 1. The number of benzene rings is 1. The van der Waals surface area contributed by atoms with Gasteiger partial charge in [0.1, 0.15) is 0 Å². The molecule has 0 atom stereocenters. The van der Waals surface area contributed by atoms with E-state index in [1.165, 1.54) is 0 Å².